The van der Waals surface area contributed by atoms with Crippen LogP contribution >= 0.6 is 11.8 Å². The molecule has 0 saturated heterocycles. The Morgan fingerprint density at radius 2 is 1.68 bits per heavy atom. The average Bonchev–Trinajstić information content (AvgIpc) is 3.47. The van der Waals surface area contributed by atoms with Crippen LogP contribution in [0.3, 0.4) is 0 Å². The monoisotopic (exact) mass is 470 g/mol. The standard InChI is InChI=1S/C25H18N4O4S/c30-22(26-19-12-6-5-11-18(19)24(31)32)15-34-25-28-27-23(29(25)17-9-2-1-3-10-17)21-14-16-8-4-7-13-20(16)33-21/h1-14H,15H2,(H,26,30)(H,31,32). The third kappa shape index (κ3) is 4.28. The molecule has 34 heavy (non-hydrogen) atoms. The minimum Gasteiger partial charge on any atom is -0.478 e. The number of hydrogen-bond acceptors (Lipinski definition) is 6. The van der Waals surface area contributed by atoms with Crippen molar-refractivity contribution >= 4 is 40.3 Å². The lowest BCUT2D eigenvalue weighted by molar-refractivity contribution is -0.113. The van der Waals surface area contributed by atoms with Crippen molar-refractivity contribution in [3.63, 3.8) is 0 Å². The van der Waals surface area contributed by atoms with E-state index in [0.29, 0.717) is 16.7 Å². The summed E-state index contributed by atoms with van der Waals surface area (Å²) < 4.78 is 7.84. The zero-order valence-electron chi connectivity index (χ0n) is 17.7. The number of carboxylic acids is 1. The van der Waals surface area contributed by atoms with E-state index in [0.717, 1.165) is 16.7 Å². The molecule has 0 fully saturated rings. The van der Waals surface area contributed by atoms with Crippen LogP contribution in [0.2, 0.25) is 0 Å². The summed E-state index contributed by atoms with van der Waals surface area (Å²) in [6, 6.07) is 25.4. The molecule has 5 aromatic rings. The highest BCUT2D eigenvalue weighted by Gasteiger charge is 2.20. The number of rotatable bonds is 7. The van der Waals surface area contributed by atoms with Crippen LogP contribution < -0.4 is 5.32 Å². The number of furan rings is 1. The number of carbonyl (C=O) groups is 2. The maximum absolute atomic E-state index is 12.6. The Morgan fingerprint density at radius 3 is 2.47 bits per heavy atom. The fourth-order valence-electron chi connectivity index (χ4n) is 3.52. The van der Waals surface area contributed by atoms with Crippen molar-refractivity contribution < 1.29 is 19.1 Å². The number of benzene rings is 3. The van der Waals surface area contributed by atoms with E-state index in [1.807, 2.05) is 65.2 Å². The number of carbonyl (C=O) groups excluding carboxylic acids is 1. The van der Waals surface area contributed by atoms with Gasteiger partial charge in [-0.05, 0) is 36.4 Å². The van der Waals surface area contributed by atoms with Crippen molar-refractivity contribution in [2.24, 2.45) is 0 Å². The van der Waals surface area contributed by atoms with E-state index in [1.54, 1.807) is 18.2 Å². The Kier molecular flexibility index (Phi) is 5.84. The van der Waals surface area contributed by atoms with Gasteiger partial charge in [0.15, 0.2) is 10.9 Å². The molecule has 0 spiro atoms. The SMILES string of the molecule is O=C(CSc1nnc(-c2cc3ccccc3o2)n1-c1ccccc1)Nc1ccccc1C(=O)O. The van der Waals surface area contributed by atoms with Gasteiger partial charge in [-0.3, -0.25) is 9.36 Å². The van der Waals surface area contributed by atoms with E-state index in [9.17, 15) is 14.7 Å². The number of hydrogen-bond donors (Lipinski definition) is 2. The molecule has 0 radical (unpaired) electrons. The summed E-state index contributed by atoms with van der Waals surface area (Å²) in [5.41, 5.74) is 1.83. The first-order valence-corrected chi connectivity index (χ1v) is 11.3. The minimum atomic E-state index is -1.11. The van der Waals surface area contributed by atoms with Gasteiger partial charge in [-0.1, -0.05) is 60.3 Å². The van der Waals surface area contributed by atoms with Gasteiger partial charge in [-0.2, -0.15) is 0 Å². The molecule has 168 valence electrons. The Labute approximate surface area is 198 Å². The molecule has 0 aliphatic heterocycles. The Balaban J connectivity index is 1.43. The highest BCUT2D eigenvalue weighted by Crippen LogP contribution is 2.31. The van der Waals surface area contributed by atoms with Crippen molar-refractivity contribution in [2.75, 3.05) is 11.1 Å². The number of thioether (sulfide) groups is 1. The minimum absolute atomic E-state index is 0.0129. The van der Waals surface area contributed by atoms with Crippen molar-refractivity contribution in [2.45, 2.75) is 5.16 Å². The van der Waals surface area contributed by atoms with E-state index >= 15 is 0 Å². The second-order valence-corrected chi connectivity index (χ2v) is 8.26. The third-order valence-corrected chi connectivity index (χ3v) is 5.99. The molecular weight excluding hydrogens is 452 g/mol. The van der Waals surface area contributed by atoms with Gasteiger partial charge in [-0.15, -0.1) is 10.2 Å². The average molecular weight is 471 g/mol. The smallest absolute Gasteiger partial charge is 0.337 e. The quantitative estimate of drug-likeness (QED) is 0.318. The lowest BCUT2D eigenvalue weighted by Gasteiger charge is -2.10. The normalized spacial score (nSPS) is 10.9. The molecule has 1 amide bonds. The molecular formula is C25H18N4O4S. The first-order valence-electron chi connectivity index (χ1n) is 10.3. The molecule has 5 rings (SSSR count). The van der Waals surface area contributed by atoms with Gasteiger partial charge in [0.05, 0.1) is 17.0 Å². The van der Waals surface area contributed by atoms with Gasteiger partial charge in [-0.25, -0.2) is 4.79 Å². The molecule has 0 atom stereocenters. The topological polar surface area (TPSA) is 110 Å². The summed E-state index contributed by atoms with van der Waals surface area (Å²) in [5.74, 6) is -0.376. The van der Waals surface area contributed by atoms with Gasteiger partial charge in [0.1, 0.15) is 5.58 Å². The maximum atomic E-state index is 12.6. The van der Waals surface area contributed by atoms with E-state index in [1.165, 1.54) is 17.8 Å². The van der Waals surface area contributed by atoms with Crippen LogP contribution in [0.25, 0.3) is 28.2 Å². The number of aromatic carboxylic acids is 1. The van der Waals surface area contributed by atoms with Crippen LogP contribution in [0.4, 0.5) is 5.69 Å². The number of aromatic nitrogens is 3. The van der Waals surface area contributed by atoms with E-state index in [2.05, 4.69) is 15.5 Å². The summed E-state index contributed by atoms with van der Waals surface area (Å²) >= 11 is 1.19. The van der Waals surface area contributed by atoms with Crippen molar-refractivity contribution in [3.05, 3.63) is 90.5 Å². The molecule has 3 aromatic carbocycles. The molecule has 2 heterocycles. The molecule has 9 heteroatoms. The molecule has 0 aliphatic carbocycles. The molecule has 0 aliphatic rings. The van der Waals surface area contributed by atoms with E-state index in [4.69, 9.17) is 4.42 Å². The van der Waals surface area contributed by atoms with Crippen molar-refractivity contribution in [3.8, 4) is 17.3 Å². The Morgan fingerprint density at radius 1 is 0.941 bits per heavy atom. The number of carboxylic acid groups (broad SMARTS) is 1. The lowest BCUT2D eigenvalue weighted by atomic mass is 10.2. The number of anilines is 1. The van der Waals surface area contributed by atoms with Crippen LogP contribution in [-0.2, 0) is 4.79 Å². The number of fused-ring (bicyclic) bond motifs is 1. The molecule has 0 unspecified atom stereocenters. The van der Waals surface area contributed by atoms with Gasteiger partial charge in [0.2, 0.25) is 11.7 Å². The van der Waals surface area contributed by atoms with Crippen LogP contribution in [0.15, 0.2) is 94.5 Å². The second kappa shape index (κ2) is 9.24. The molecule has 2 N–H and O–H groups in total. The summed E-state index contributed by atoms with van der Waals surface area (Å²) in [7, 11) is 0. The third-order valence-electron chi connectivity index (χ3n) is 5.06. The summed E-state index contributed by atoms with van der Waals surface area (Å²) in [4.78, 5) is 24.0. The van der Waals surface area contributed by atoms with Gasteiger partial charge < -0.3 is 14.8 Å². The summed E-state index contributed by atoms with van der Waals surface area (Å²) in [5, 5.41) is 22.1. The lowest BCUT2D eigenvalue weighted by Crippen LogP contribution is -2.17. The summed E-state index contributed by atoms with van der Waals surface area (Å²) in [6.07, 6.45) is 0. The summed E-state index contributed by atoms with van der Waals surface area (Å²) in [6.45, 7) is 0. The Bertz CT molecular complexity index is 1460. The fourth-order valence-corrected chi connectivity index (χ4v) is 4.27. The maximum Gasteiger partial charge on any atom is 0.337 e. The predicted molar refractivity (Wildman–Crippen MR) is 129 cm³/mol. The van der Waals surface area contributed by atoms with E-state index < -0.39 is 5.97 Å². The number of amides is 1. The zero-order chi connectivity index (χ0) is 23.5. The molecule has 8 nitrogen and oxygen atoms in total. The first-order chi connectivity index (χ1) is 16.6. The van der Waals surface area contributed by atoms with Crippen LogP contribution in [0, 0.1) is 0 Å². The van der Waals surface area contributed by atoms with Crippen LogP contribution in [0.5, 0.6) is 0 Å². The second-order valence-electron chi connectivity index (χ2n) is 7.31. The van der Waals surface area contributed by atoms with Crippen molar-refractivity contribution in [1.82, 2.24) is 14.8 Å². The fraction of sp³-hybridized carbons (Fsp3) is 0.0400. The molecule has 0 saturated carbocycles. The Hall–Kier alpha value is -4.37. The number of para-hydroxylation sites is 3. The van der Waals surface area contributed by atoms with Gasteiger partial charge in [0, 0.05) is 11.1 Å². The number of nitrogens with one attached hydrogen (secondary N) is 1. The molecule has 2 aromatic heterocycles. The zero-order valence-corrected chi connectivity index (χ0v) is 18.5. The predicted octanol–water partition coefficient (Wildman–Crippen LogP) is 5.11. The number of nitrogens with zero attached hydrogens (tertiary/aromatic N) is 3. The van der Waals surface area contributed by atoms with E-state index in [-0.39, 0.29) is 22.9 Å². The highest BCUT2D eigenvalue weighted by atomic mass is 32.2. The van der Waals surface area contributed by atoms with Gasteiger partial charge >= 0.3 is 5.97 Å². The van der Waals surface area contributed by atoms with Crippen molar-refractivity contribution in [1.29, 1.82) is 0 Å². The first kappa shape index (κ1) is 21.5. The molecule has 0 bridgehead atoms. The largest absolute Gasteiger partial charge is 0.478 e. The van der Waals surface area contributed by atoms with Crippen LogP contribution in [0.1, 0.15) is 10.4 Å². The van der Waals surface area contributed by atoms with Crippen LogP contribution in [-0.4, -0.2) is 37.5 Å². The highest BCUT2D eigenvalue weighted by molar-refractivity contribution is 7.99. The van der Waals surface area contributed by atoms with Gasteiger partial charge in [0.25, 0.3) is 0 Å².